The molecule has 200 valence electrons. The molecule has 0 saturated heterocycles. The molecule has 1 N–H and O–H groups in total. The standard InChI is InChI=1S/C31H47N3.C2H6/c1-10-15-32-16-11-12-27(7)31-33(22-25(5)14-13-24(4)19-23(2)3)17-18-34(31)30-28(8)20-26(6)21-29(30)9;1-2/h10,14,17-21,23,32H,1,11-13,15-16,22H2,2-9H3;1-2H3/b24-19-,25-14-,31-27+;. The van der Waals surface area contributed by atoms with Crippen molar-refractivity contribution < 1.29 is 0 Å². The highest BCUT2D eigenvalue weighted by Gasteiger charge is 2.25. The molecule has 1 heterocycles. The Morgan fingerprint density at radius 3 is 2.22 bits per heavy atom. The zero-order chi connectivity index (χ0) is 27.3. The summed E-state index contributed by atoms with van der Waals surface area (Å²) in [4.78, 5) is 4.84. The first kappa shape index (κ1) is 31.5. The number of nitrogens with one attached hydrogen (secondary N) is 1. The molecule has 36 heavy (non-hydrogen) atoms. The van der Waals surface area contributed by atoms with Gasteiger partial charge >= 0.3 is 0 Å². The molecule has 0 bridgehead atoms. The van der Waals surface area contributed by atoms with E-state index in [-0.39, 0.29) is 0 Å². The lowest BCUT2D eigenvalue weighted by Crippen LogP contribution is -2.27. The Morgan fingerprint density at radius 1 is 1.00 bits per heavy atom. The highest BCUT2D eigenvalue weighted by Crippen LogP contribution is 2.36. The first-order valence-electron chi connectivity index (χ1n) is 13.8. The molecule has 1 aromatic rings. The third kappa shape index (κ3) is 9.85. The summed E-state index contributed by atoms with van der Waals surface area (Å²) in [6.07, 6.45) is 14.4. The Labute approximate surface area is 223 Å². The second kappa shape index (κ2) is 16.3. The smallest absolute Gasteiger partial charge is 0.116 e. The van der Waals surface area contributed by atoms with Gasteiger partial charge in [0.25, 0.3) is 0 Å². The second-order valence-electron chi connectivity index (χ2n) is 10.3. The van der Waals surface area contributed by atoms with Gasteiger partial charge in [0.05, 0.1) is 5.69 Å². The monoisotopic (exact) mass is 491 g/mol. The van der Waals surface area contributed by atoms with Crippen molar-refractivity contribution in [1.82, 2.24) is 10.2 Å². The largest absolute Gasteiger partial charge is 0.329 e. The predicted octanol–water partition coefficient (Wildman–Crippen LogP) is 8.96. The fourth-order valence-electron chi connectivity index (χ4n) is 4.84. The van der Waals surface area contributed by atoms with Crippen LogP contribution in [-0.2, 0) is 0 Å². The van der Waals surface area contributed by atoms with E-state index in [0.717, 1.165) is 38.9 Å². The van der Waals surface area contributed by atoms with Crippen molar-refractivity contribution in [2.45, 2.75) is 88.5 Å². The molecule has 0 atom stereocenters. The SMILES string of the molecule is C=CCNCCC/C(C)=C1\N(C/C(C)=C\C/C(C)=C\C(C)C)C=CN1c1c(C)cc(C)cc1C.CC. The van der Waals surface area contributed by atoms with Gasteiger partial charge in [0.15, 0.2) is 0 Å². The van der Waals surface area contributed by atoms with Crippen LogP contribution in [0.5, 0.6) is 0 Å². The Morgan fingerprint density at radius 2 is 1.64 bits per heavy atom. The van der Waals surface area contributed by atoms with Crippen molar-refractivity contribution in [3.63, 3.8) is 0 Å². The first-order valence-corrected chi connectivity index (χ1v) is 13.8. The van der Waals surface area contributed by atoms with E-state index in [1.165, 1.54) is 44.9 Å². The maximum Gasteiger partial charge on any atom is 0.116 e. The zero-order valence-electron chi connectivity index (χ0n) is 25.0. The average Bonchev–Trinajstić information content (AvgIpc) is 3.20. The van der Waals surface area contributed by atoms with Crippen LogP contribution in [0.3, 0.4) is 0 Å². The molecular weight excluding hydrogens is 438 g/mol. The minimum Gasteiger partial charge on any atom is -0.329 e. The van der Waals surface area contributed by atoms with Gasteiger partial charge in [-0.25, -0.2) is 0 Å². The normalized spacial score (nSPS) is 15.4. The van der Waals surface area contributed by atoms with Crippen LogP contribution in [0.4, 0.5) is 5.69 Å². The van der Waals surface area contributed by atoms with Crippen LogP contribution in [0.15, 0.2) is 71.9 Å². The summed E-state index contributed by atoms with van der Waals surface area (Å²) in [5, 5.41) is 3.43. The molecule has 0 fully saturated rings. The summed E-state index contributed by atoms with van der Waals surface area (Å²) >= 11 is 0. The van der Waals surface area contributed by atoms with Crippen molar-refractivity contribution in [1.29, 1.82) is 0 Å². The topological polar surface area (TPSA) is 18.5 Å². The highest BCUT2D eigenvalue weighted by atomic mass is 15.4. The second-order valence-corrected chi connectivity index (χ2v) is 10.3. The molecule has 2 rings (SSSR count). The van der Waals surface area contributed by atoms with Gasteiger partial charge in [0.2, 0.25) is 0 Å². The number of aryl methyl sites for hydroxylation is 3. The number of nitrogens with zero attached hydrogens (tertiary/aromatic N) is 2. The number of benzene rings is 1. The van der Waals surface area contributed by atoms with Crippen LogP contribution < -0.4 is 10.2 Å². The van der Waals surface area contributed by atoms with Crippen molar-refractivity contribution in [2.75, 3.05) is 24.5 Å². The fourth-order valence-corrected chi connectivity index (χ4v) is 4.84. The molecule has 3 nitrogen and oxygen atoms in total. The van der Waals surface area contributed by atoms with E-state index in [1.54, 1.807) is 0 Å². The van der Waals surface area contributed by atoms with Gasteiger partial charge in [0, 0.05) is 25.5 Å². The van der Waals surface area contributed by atoms with Gasteiger partial charge in [-0.2, -0.15) is 0 Å². The van der Waals surface area contributed by atoms with Crippen LogP contribution in [0.2, 0.25) is 0 Å². The number of anilines is 1. The summed E-state index contributed by atoms with van der Waals surface area (Å²) in [6.45, 7) is 28.5. The average molecular weight is 492 g/mol. The lowest BCUT2D eigenvalue weighted by atomic mass is 10.0. The summed E-state index contributed by atoms with van der Waals surface area (Å²) in [6, 6.07) is 4.58. The molecule has 0 aliphatic carbocycles. The quantitative estimate of drug-likeness (QED) is 0.232. The molecule has 1 aliphatic heterocycles. The molecule has 0 aromatic heterocycles. The van der Waals surface area contributed by atoms with Crippen molar-refractivity contribution in [3.8, 4) is 0 Å². The van der Waals surface area contributed by atoms with E-state index in [9.17, 15) is 0 Å². The first-order chi connectivity index (χ1) is 17.1. The summed E-state index contributed by atoms with van der Waals surface area (Å²) < 4.78 is 0. The Balaban J connectivity index is 0.00000316. The molecule has 0 unspecified atom stereocenters. The number of rotatable bonds is 12. The Kier molecular flexibility index (Phi) is 14.2. The molecule has 1 aliphatic rings. The van der Waals surface area contributed by atoms with Gasteiger partial charge in [0.1, 0.15) is 5.82 Å². The molecule has 0 spiro atoms. The van der Waals surface area contributed by atoms with Crippen molar-refractivity contribution in [2.24, 2.45) is 5.92 Å². The highest BCUT2D eigenvalue weighted by molar-refractivity contribution is 5.67. The lowest BCUT2D eigenvalue weighted by Gasteiger charge is -2.30. The van der Waals surface area contributed by atoms with E-state index in [1.807, 2.05) is 19.9 Å². The van der Waals surface area contributed by atoms with Crippen LogP contribution in [0, 0.1) is 26.7 Å². The van der Waals surface area contributed by atoms with Gasteiger partial charge in [-0.1, -0.05) is 74.8 Å². The van der Waals surface area contributed by atoms with Crippen LogP contribution in [0.25, 0.3) is 0 Å². The maximum atomic E-state index is 3.80. The van der Waals surface area contributed by atoms with E-state index >= 15 is 0 Å². The minimum atomic E-state index is 0.600. The van der Waals surface area contributed by atoms with Crippen LogP contribution in [0.1, 0.15) is 84.4 Å². The van der Waals surface area contributed by atoms with Crippen LogP contribution in [-0.4, -0.2) is 24.5 Å². The predicted molar refractivity (Wildman–Crippen MR) is 162 cm³/mol. The zero-order valence-corrected chi connectivity index (χ0v) is 25.0. The van der Waals surface area contributed by atoms with Gasteiger partial charge in [-0.15, -0.1) is 6.58 Å². The lowest BCUT2D eigenvalue weighted by molar-refractivity contribution is 0.504. The molecular formula is C33H53N3. The maximum absolute atomic E-state index is 3.80. The third-order valence-electron chi connectivity index (χ3n) is 6.16. The van der Waals surface area contributed by atoms with Crippen molar-refractivity contribution in [3.05, 3.63) is 88.6 Å². The Hall–Kier alpha value is -2.52. The van der Waals surface area contributed by atoms with Crippen molar-refractivity contribution >= 4 is 5.69 Å². The number of hydrogen-bond acceptors (Lipinski definition) is 3. The molecule has 3 heteroatoms. The number of allylic oxidation sites excluding steroid dienone is 4. The summed E-state index contributed by atoms with van der Waals surface area (Å²) in [5.74, 6) is 1.91. The Bertz CT molecular complexity index is 936. The molecule has 0 amide bonds. The summed E-state index contributed by atoms with van der Waals surface area (Å²) in [5.41, 5.74) is 9.54. The molecule has 0 saturated carbocycles. The van der Waals surface area contributed by atoms with E-state index in [2.05, 4.69) is 114 Å². The van der Waals surface area contributed by atoms with Crippen LogP contribution >= 0.6 is 0 Å². The fraction of sp³-hybridized carbons (Fsp3) is 0.515. The molecule has 1 aromatic carbocycles. The van der Waals surface area contributed by atoms with Gasteiger partial charge in [-0.3, -0.25) is 0 Å². The van der Waals surface area contributed by atoms with Gasteiger partial charge < -0.3 is 15.1 Å². The number of hydrogen-bond donors (Lipinski definition) is 1. The van der Waals surface area contributed by atoms with E-state index in [0.29, 0.717) is 5.92 Å². The third-order valence-corrected chi connectivity index (χ3v) is 6.16. The van der Waals surface area contributed by atoms with E-state index in [4.69, 9.17) is 0 Å². The minimum absolute atomic E-state index is 0.600. The van der Waals surface area contributed by atoms with Gasteiger partial charge in [-0.05, 0) is 90.0 Å². The van der Waals surface area contributed by atoms with E-state index < -0.39 is 0 Å². The molecule has 0 radical (unpaired) electrons. The summed E-state index contributed by atoms with van der Waals surface area (Å²) in [7, 11) is 0.